The molecule has 1 aromatic rings. The minimum absolute atomic E-state index is 0.652. The minimum atomic E-state index is 0.652. The zero-order chi connectivity index (χ0) is 17.1. The molecule has 4 nitrogen and oxygen atoms in total. The lowest BCUT2D eigenvalue weighted by molar-refractivity contribution is 0.0982. The molecule has 2 aliphatic rings. The zero-order valence-corrected chi connectivity index (χ0v) is 15.4. The molecule has 5 heteroatoms. The van der Waals surface area contributed by atoms with Crippen molar-refractivity contribution in [2.45, 2.75) is 25.3 Å². The van der Waals surface area contributed by atoms with Crippen LogP contribution in [-0.2, 0) is 6.42 Å². The molecule has 0 aliphatic carbocycles. The third kappa shape index (κ3) is 3.88. The summed E-state index contributed by atoms with van der Waals surface area (Å²) in [5.41, 5.74) is 9.10. The van der Waals surface area contributed by atoms with E-state index >= 15 is 0 Å². The topological polar surface area (TPSA) is 35.7 Å². The molecule has 0 aromatic heterocycles. The number of benzene rings is 1. The Hall–Kier alpha value is -1.23. The molecular weight excluding hydrogens is 320 g/mol. The highest BCUT2D eigenvalue weighted by molar-refractivity contribution is 6.33. The predicted octanol–water partition coefficient (Wildman–Crippen LogP) is 2.87. The van der Waals surface area contributed by atoms with E-state index in [1.807, 2.05) is 18.2 Å². The molecule has 2 aliphatic heterocycles. The Morgan fingerprint density at radius 2 is 1.83 bits per heavy atom. The summed E-state index contributed by atoms with van der Waals surface area (Å²) in [5.74, 6) is 0. The van der Waals surface area contributed by atoms with Crippen molar-refractivity contribution in [2.24, 2.45) is 0 Å². The van der Waals surface area contributed by atoms with Gasteiger partial charge < -0.3 is 15.5 Å². The van der Waals surface area contributed by atoms with Crippen molar-refractivity contribution < 1.29 is 0 Å². The second kappa shape index (κ2) is 7.77. The van der Waals surface area contributed by atoms with Gasteiger partial charge in [0.1, 0.15) is 0 Å². The van der Waals surface area contributed by atoms with Crippen molar-refractivity contribution in [1.29, 1.82) is 0 Å². The lowest BCUT2D eigenvalue weighted by Gasteiger charge is -2.43. The van der Waals surface area contributed by atoms with Crippen molar-refractivity contribution >= 4 is 23.0 Å². The molecule has 0 spiro atoms. The van der Waals surface area contributed by atoms with E-state index in [9.17, 15) is 0 Å². The van der Waals surface area contributed by atoms with E-state index in [2.05, 4.69) is 28.3 Å². The lowest BCUT2D eigenvalue weighted by Crippen LogP contribution is -2.52. The van der Waals surface area contributed by atoms with Crippen LogP contribution < -0.4 is 10.6 Å². The maximum atomic E-state index is 6.28. The van der Waals surface area contributed by atoms with Crippen LogP contribution in [0.25, 0.3) is 0 Å². The number of halogens is 1. The van der Waals surface area contributed by atoms with E-state index in [0.717, 1.165) is 25.6 Å². The Bertz CT molecular complexity index is 573. The number of allylic oxidation sites excluding steroid dienone is 1. The summed E-state index contributed by atoms with van der Waals surface area (Å²) in [7, 11) is 2.21. The fourth-order valence-corrected chi connectivity index (χ4v) is 4.06. The van der Waals surface area contributed by atoms with Gasteiger partial charge in [-0.2, -0.15) is 0 Å². The van der Waals surface area contributed by atoms with Crippen LogP contribution in [0.1, 0.15) is 18.4 Å². The van der Waals surface area contributed by atoms with E-state index in [1.165, 1.54) is 50.3 Å². The number of piperazine rings is 1. The van der Waals surface area contributed by atoms with Crippen LogP contribution in [0.4, 0.5) is 11.4 Å². The maximum absolute atomic E-state index is 6.28. The van der Waals surface area contributed by atoms with Gasteiger partial charge in [-0.3, -0.25) is 4.90 Å². The number of nitrogen functional groups attached to an aromatic ring is 1. The average Bonchev–Trinajstić information content (AvgIpc) is 2.59. The molecule has 2 fully saturated rings. The number of nitrogens with zero attached hydrogens (tertiary/aromatic N) is 3. The normalized spacial score (nSPS) is 21.2. The van der Waals surface area contributed by atoms with Gasteiger partial charge in [0.25, 0.3) is 0 Å². The second-order valence-corrected chi connectivity index (χ2v) is 7.46. The zero-order valence-electron chi connectivity index (χ0n) is 14.7. The van der Waals surface area contributed by atoms with E-state index in [0.29, 0.717) is 10.7 Å². The van der Waals surface area contributed by atoms with Gasteiger partial charge in [0.15, 0.2) is 0 Å². The van der Waals surface area contributed by atoms with Gasteiger partial charge in [-0.15, -0.1) is 6.58 Å². The Balaban J connectivity index is 1.66. The van der Waals surface area contributed by atoms with E-state index in [-0.39, 0.29) is 0 Å². The first kappa shape index (κ1) is 17.6. The van der Waals surface area contributed by atoms with Crippen LogP contribution in [0.2, 0.25) is 5.02 Å². The van der Waals surface area contributed by atoms with Crippen molar-refractivity contribution in [1.82, 2.24) is 9.80 Å². The number of nitrogens with two attached hydrogens (primary N) is 1. The SMILES string of the molecule is C=CCc1cc(N)c(Cl)cc1N1CCC(N2CCN(C)CC2)CC1. The fourth-order valence-electron chi connectivity index (χ4n) is 3.90. The van der Waals surface area contributed by atoms with Crippen LogP contribution in [0.3, 0.4) is 0 Å². The molecule has 0 saturated carbocycles. The summed E-state index contributed by atoms with van der Waals surface area (Å²) < 4.78 is 0. The summed E-state index contributed by atoms with van der Waals surface area (Å²) in [5, 5.41) is 0.652. The summed E-state index contributed by atoms with van der Waals surface area (Å²) in [4.78, 5) is 7.57. The van der Waals surface area contributed by atoms with Gasteiger partial charge in [0, 0.05) is 51.0 Å². The highest BCUT2D eigenvalue weighted by atomic mass is 35.5. The fraction of sp³-hybridized carbons (Fsp3) is 0.579. The molecule has 2 N–H and O–H groups in total. The van der Waals surface area contributed by atoms with Gasteiger partial charge in [-0.1, -0.05) is 17.7 Å². The Morgan fingerprint density at radius 1 is 1.17 bits per heavy atom. The van der Waals surface area contributed by atoms with Gasteiger partial charge in [-0.05, 0) is 44.0 Å². The molecule has 0 radical (unpaired) electrons. The Morgan fingerprint density at radius 3 is 2.46 bits per heavy atom. The highest BCUT2D eigenvalue weighted by Crippen LogP contribution is 2.32. The van der Waals surface area contributed by atoms with Gasteiger partial charge in [0.05, 0.1) is 10.7 Å². The Labute approximate surface area is 150 Å². The predicted molar refractivity (Wildman–Crippen MR) is 104 cm³/mol. The van der Waals surface area contributed by atoms with Crippen molar-refractivity contribution in [3.05, 3.63) is 35.4 Å². The van der Waals surface area contributed by atoms with E-state index in [4.69, 9.17) is 17.3 Å². The second-order valence-electron chi connectivity index (χ2n) is 7.05. The van der Waals surface area contributed by atoms with Crippen LogP contribution >= 0.6 is 11.6 Å². The monoisotopic (exact) mass is 348 g/mol. The number of hydrogen-bond donors (Lipinski definition) is 1. The van der Waals surface area contributed by atoms with Crippen molar-refractivity contribution in [3.8, 4) is 0 Å². The first-order valence-corrected chi connectivity index (χ1v) is 9.32. The largest absolute Gasteiger partial charge is 0.398 e. The summed E-state index contributed by atoms with van der Waals surface area (Å²) in [6.07, 6.45) is 5.21. The van der Waals surface area contributed by atoms with Crippen LogP contribution in [0.5, 0.6) is 0 Å². The van der Waals surface area contributed by atoms with Gasteiger partial charge in [0.2, 0.25) is 0 Å². The van der Waals surface area contributed by atoms with Crippen LogP contribution in [0.15, 0.2) is 24.8 Å². The number of hydrogen-bond acceptors (Lipinski definition) is 4. The van der Waals surface area contributed by atoms with Gasteiger partial charge in [-0.25, -0.2) is 0 Å². The summed E-state index contributed by atoms with van der Waals surface area (Å²) in [6.45, 7) is 10.8. The van der Waals surface area contributed by atoms with Crippen LogP contribution in [0, 0.1) is 0 Å². The third-order valence-corrected chi connectivity index (χ3v) is 5.75. The first-order valence-electron chi connectivity index (χ1n) is 8.95. The quantitative estimate of drug-likeness (QED) is 0.670. The van der Waals surface area contributed by atoms with E-state index in [1.54, 1.807) is 0 Å². The number of rotatable bonds is 4. The minimum Gasteiger partial charge on any atom is -0.398 e. The number of likely N-dealkylation sites (N-methyl/N-ethyl adjacent to an activating group) is 1. The molecule has 0 amide bonds. The molecule has 0 atom stereocenters. The van der Waals surface area contributed by atoms with Crippen LogP contribution in [-0.4, -0.2) is 62.2 Å². The lowest BCUT2D eigenvalue weighted by atomic mass is 9.99. The maximum Gasteiger partial charge on any atom is 0.0656 e. The molecule has 1 aromatic carbocycles. The summed E-state index contributed by atoms with van der Waals surface area (Å²) >= 11 is 6.28. The number of piperidine rings is 1. The smallest absolute Gasteiger partial charge is 0.0656 e. The highest BCUT2D eigenvalue weighted by Gasteiger charge is 2.27. The molecule has 2 saturated heterocycles. The third-order valence-electron chi connectivity index (χ3n) is 5.42. The standard InChI is InChI=1S/C19H29ClN4/c1-3-4-15-13-18(21)17(20)14-19(15)24-7-5-16(6-8-24)23-11-9-22(2)10-12-23/h3,13-14,16H,1,4-12,21H2,2H3. The Kier molecular flexibility index (Phi) is 5.69. The van der Waals surface area contributed by atoms with Crippen molar-refractivity contribution in [2.75, 3.05) is 56.9 Å². The molecule has 2 heterocycles. The molecule has 0 bridgehead atoms. The molecule has 132 valence electrons. The van der Waals surface area contributed by atoms with Gasteiger partial charge >= 0.3 is 0 Å². The molecule has 0 unspecified atom stereocenters. The first-order chi connectivity index (χ1) is 11.6. The van der Waals surface area contributed by atoms with Crippen molar-refractivity contribution in [3.63, 3.8) is 0 Å². The number of anilines is 2. The molecule has 24 heavy (non-hydrogen) atoms. The molecular formula is C19H29ClN4. The molecule has 3 rings (SSSR count). The summed E-state index contributed by atoms with van der Waals surface area (Å²) in [6, 6.07) is 4.76. The van der Waals surface area contributed by atoms with E-state index < -0.39 is 0 Å². The average molecular weight is 349 g/mol.